The number of nitrogens with one attached hydrogen (secondary N) is 2. The molecule has 0 bridgehead atoms. The van der Waals surface area contributed by atoms with Gasteiger partial charge < -0.3 is 5.32 Å². The summed E-state index contributed by atoms with van der Waals surface area (Å²) < 4.78 is 1.41. The first kappa shape index (κ1) is 16.6. The van der Waals surface area contributed by atoms with Gasteiger partial charge in [0.05, 0.1) is 16.9 Å². The third kappa shape index (κ3) is 3.65. The molecule has 2 aromatic heterocycles. The highest BCUT2D eigenvalue weighted by atomic mass is 16.2. The van der Waals surface area contributed by atoms with Gasteiger partial charge in [0.15, 0.2) is 0 Å². The van der Waals surface area contributed by atoms with Crippen molar-refractivity contribution >= 4 is 16.8 Å². The van der Waals surface area contributed by atoms with Crippen LogP contribution in [-0.2, 0) is 11.3 Å². The van der Waals surface area contributed by atoms with Crippen LogP contribution in [0.4, 0.5) is 0 Å². The summed E-state index contributed by atoms with van der Waals surface area (Å²) in [5.74, 6) is -0.182. The average Bonchev–Trinajstić information content (AvgIpc) is 2.62. The molecule has 2 heterocycles. The maximum Gasteiger partial charge on any atom is 0.328 e. The second-order valence-corrected chi connectivity index (χ2v) is 5.75. The van der Waals surface area contributed by atoms with Crippen LogP contribution in [0.3, 0.4) is 0 Å². The number of pyridine rings is 1. The highest BCUT2D eigenvalue weighted by Gasteiger charge is 2.12. The van der Waals surface area contributed by atoms with Crippen LogP contribution < -0.4 is 16.6 Å². The van der Waals surface area contributed by atoms with Crippen molar-refractivity contribution in [2.45, 2.75) is 25.9 Å². The normalized spacial score (nSPS) is 12.0. The number of hydrogen-bond donors (Lipinski definition) is 2. The van der Waals surface area contributed by atoms with Gasteiger partial charge >= 0.3 is 5.69 Å². The van der Waals surface area contributed by atoms with Crippen molar-refractivity contribution in [2.75, 3.05) is 0 Å². The fourth-order valence-corrected chi connectivity index (χ4v) is 2.71. The van der Waals surface area contributed by atoms with E-state index in [0.29, 0.717) is 10.9 Å². The van der Waals surface area contributed by atoms with Gasteiger partial charge in [0.25, 0.3) is 5.56 Å². The molecule has 1 unspecified atom stereocenters. The van der Waals surface area contributed by atoms with Crippen molar-refractivity contribution in [3.63, 3.8) is 0 Å². The summed E-state index contributed by atoms with van der Waals surface area (Å²) >= 11 is 0. The Kier molecular flexibility index (Phi) is 4.74. The summed E-state index contributed by atoms with van der Waals surface area (Å²) in [5.41, 5.74) is 0.482. The van der Waals surface area contributed by atoms with Crippen LogP contribution in [-0.4, -0.2) is 20.4 Å². The van der Waals surface area contributed by atoms with Crippen molar-refractivity contribution in [3.8, 4) is 0 Å². The SMILES string of the molecule is CC(NC(=O)CCn1c(=O)[nH]c(=O)c2ccccc21)c1cccnc1. The van der Waals surface area contributed by atoms with E-state index in [9.17, 15) is 14.4 Å². The van der Waals surface area contributed by atoms with Crippen molar-refractivity contribution in [1.29, 1.82) is 0 Å². The second kappa shape index (κ2) is 7.12. The number of benzene rings is 1. The maximum absolute atomic E-state index is 12.2. The fraction of sp³-hybridized carbons (Fsp3) is 0.222. The van der Waals surface area contributed by atoms with Crippen LogP contribution >= 0.6 is 0 Å². The van der Waals surface area contributed by atoms with E-state index in [1.165, 1.54) is 4.57 Å². The van der Waals surface area contributed by atoms with Gasteiger partial charge in [0.1, 0.15) is 0 Å². The summed E-state index contributed by atoms with van der Waals surface area (Å²) in [4.78, 5) is 42.4. The second-order valence-electron chi connectivity index (χ2n) is 5.75. The predicted molar refractivity (Wildman–Crippen MR) is 94.2 cm³/mol. The number of para-hydroxylation sites is 1. The molecule has 128 valence electrons. The summed E-state index contributed by atoms with van der Waals surface area (Å²) in [7, 11) is 0. The van der Waals surface area contributed by atoms with Crippen LogP contribution in [0.25, 0.3) is 10.9 Å². The lowest BCUT2D eigenvalue weighted by Crippen LogP contribution is -2.33. The molecule has 3 rings (SSSR count). The third-order valence-electron chi connectivity index (χ3n) is 4.03. The van der Waals surface area contributed by atoms with E-state index < -0.39 is 11.2 Å². The third-order valence-corrected chi connectivity index (χ3v) is 4.03. The van der Waals surface area contributed by atoms with Crippen LogP contribution in [0.1, 0.15) is 24.9 Å². The molecule has 1 aromatic carbocycles. The first-order chi connectivity index (χ1) is 12.1. The molecule has 0 radical (unpaired) electrons. The Bertz CT molecular complexity index is 1010. The number of aromatic amines is 1. The summed E-state index contributed by atoms with van der Waals surface area (Å²) in [5, 5.41) is 3.30. The molecule has 0 saturated carbocycles. The van der Waals surface area contributed by atoms with Crippen LogP contribution in [0.2, 0.25) is 0 Å². The van der Waals surface area contributed by atoms with Crippen LogP contribution in [0.5, 0.6) is 0 Å². The molecular formula is C18H18N4O3. The molecule has 3 aromatic rings. The minimum Gasteiger partial charge on any atom is -0.349 e. The average molecular weight is 338 g/mol. The number of carbonyl (C=O) groups is 1. The van der Waals surface area contributed by atoms with E-state index >= 15 is 0 Å². The molecule has 7 heteroatoms. The Morgan fingerprint density at radius 3 is 2.80 bits per heavy atom. The lowest BCUT2D eigenvalue weighted by Gasteiger charge is -2.14. The van der Waals surface area contributed by atoms with Crippen molar-refractivity contribution < 1.29 is 4.79 Å². The topological polar surface area (TPSA) is 96.9 Å². The molecular weight excluding hydrogens is 320 g/mol. The number of rotatable bonds is 5. The lowest BCUT2D eigenvalue weighted by atomic mass is 10.1. The van der Waals surface area contributed by atoms with E-state index in [2.05, 4.69) is 15.3 Å². The quantitative estimate of drug-likeness (QED) is 0.734. The highest BCUT2D eigenvalue weighted by molar-refractivity contribution is 5.79. The summed E-state index contributed by atoms with van der Waals surface area (Å²) in [6, 6.07) is 10.3. The monoisotopic (exact) mass is 338 g/mol. The smallest absolute Gasteiger partial charge is 0.328 e. The van der Waals surface area contributed by atoms with Gasteiger partial charge in [-0.25, -0.2) is 4.79 Å². The number of hydrogen-bond acceptors (Lipinski definition) is 4. The van der Waals surface area contributed by atoms with E-state index in [0.717, 1.165) is 5.56 Å². The zero-order valence-corrected chi connectivity index (χ0v) is 13.7. The molecule has 2 N–H and O–H groups in total. The zero-order chi connectivity index (χ0) is 17.8. The Hall–Kier alpha value is -3.22. The van der Waals surface area contributed by atoms with Gasteiger partial charge in [-0.3, -0.25) is 24.1 Å². The van der Waals surface area contributed by atoms with Crippen molar-refractivity contribution in [3.05, 3.63) is 75.2 Å². The number of amides is 1. The largest absolute Gasteiger partial charge is 0.349 e. The maximum atomic E-state index is 12.2. The van der Waals surface area contributed by atoms with Gasteiger partial charge in [-0.1, -0.05) is 18.2 Å². The zero-order valence-electron chi connectivity index (χ0n) is 13.7. The van der Waals surface area contributed by atoms with E-state index in [1.54, 1.807) is 36.7 Å². The van der Waals surface area contributed by atoms with E-state index in [-0.39, 0.29) is 24.9 Å². The van der Waals surface area contributed by atoms with Crippen molar-refractivity contribution in [2.24, 2.45) is 0 Å². The molecule has 0 aliphatic heterocycles. The molecule has 0 aliphatic rings. The summed E-state index contributed by atoms with van der Waals surface area (Å²) in [6.45, 7) is 2.05. The molecule has 1 amide bonds. The predicted octanol–water partition coefficient (Wildman–Crippen LogP) is 1.35. The molecule has 25 heavy (non-hydrogen) atoms. The van der Waals surface area contributed by atoms with Gasteiger partial charge in [-0.15, -0.1) is 0 Å². The number of aryl methyl sites for hydroxylation is 1. The standard InChI is InChI=1S/C18H18N4O3/c1-12(13-5-4-9-19-11-13)20-16(23)8-10-22-15-7-3-2-6-14(15)17(24)21-18(22)25/h2-7,9,11-12H,8,10H2,1H3,(H,20,23)(H,21,24,25). The Balaban J connectivity index is 1.74. The molecule has 0 aliphatic carbocycles. The molecule has 0 spiro atoms. The summed E-state index contributed by atoms with van der Waals surface area (Å²) in [6.07, 6.45) is 3.50. The first-order valence-electron chi connectivity index (χ1n) is 7.97. The first-order valence-corrected chi connectivity index (χ1v) is 7.97. The Labute approximate surface area is 143 Å². The number of H-pyrrole nitrogens is 1. The van der Waals surface area contributed by atoms with Gasteiger partial charge in [-0.05, 0) is 30.7 Å². The van der Waals surface area contributed by atoms with Gasteiger partial charge in [0.2, 0.25) is 5.91 Å². The lowest BCUT2D eigenvalue weighted by molar-refractivity contribution is -0.121. The molecule has 1 atom stereocenters. The minimum absolute atomic E-state index is 0.126. The number of nitrogens with zero attached hydrogens (tertiary/aromatic N) is 2. The number of carbonyl (C=O) groups excluding carboxylic acids is 1. The van der Waals surface area contributed by atoms with Crippen molar-refractivity contribution in [1.82, 2.24) is 19.9 Å². The van der Waals surface area contributed by atoms with Crippen LogP contribution in [0.15, 0.2) is 58.4 Å². The minimum atomic E-state index is -0.517. The Morgan fingerprint density at radius 1 is 1.24 bits per heavy atom. The van der Waals surface area contributed by atoms with Gasteiger partial charge in [-0.2, -0.15) is 0 Å². The molecule has 0 fully saturated rings. The highest BCUT2D eigenvalue weighted by Crippen LogP contribution is 2.11. The number of aromatic nitrogens is 3. The van der Waals surface area contributed by atoms with Crippen LogP contribution in [0, 0.1) is 0 Å². The Morgan fingerprint density at radius 2 is 2.04 bits per heavy atom. The molecule has 7 nitrogen and oxygen atoms in total. The van der Waals surface area contributed by atoms with Gasteiger partial charge in [0, 0.05) is 25.4 Å². The fourth-order valence-electron chi connectivity index (χ4n) is 2.71. The van der Waals surface area contributed by atoms with E-state index in [4.69, 9.17) is 0 Å². The number of fused-ring (bicyclic) bond motifs is 1. The molecule has 0 saturated heterocycles. The van der Waals surface area contributed by atoms with E-state index in [1.807, 2.05) is 19.1 Å².